The third-order valence-corrected chi connectivity index (χ3v) is 9.98. The third kappa shape index (κ3) is 18.3. The zero-order valence-electron chi connectivity index (χ0n) is 30.5. The van der Waals surface area contributed by atoms with E-state index in [1.807, 2.05) is 41.3 Å². The normalized spacial score (nSPS) is 11.4. The number of carbonyl (C=O) groups excluding carboxylic acids is 1. The van der Waals surface area contributed by atoms with Crippen LogP contribution in [0.5, 0.6) is 5.75 Å². The van der Waals surface area contributed by atoms with E-state index in [4.69, 9.17) is 0 Å². The first-order valence-electron chi connectivity index (χ1n) is 20.2. The van der Waals surface area contributed by atoms with Crippen molar-refractivity contribution in [2.45, 2.75) is 194 Å². The van der Waals surface area contributed by atoms with Crippen molar-refractivity contribution in [2.75, 3.05) is 13.1 Å². The van der Waals surface area contributed by atoms with E-state index in [0.29, 0.717) is 5.56 Å². The maximum absolute atomic E-state index is 13.7. The van der Waals surface area contributed by atoms with Gasteiger partial charge in [-0.1, -0.05) is 211 Å². The summed E-state index contributed by atoms with van der Waals surface area (Å²) >= 11 is 0. The summed E-state index contributed by atoms with van der Waals surface area (Å²) in [5.41, 5.74) is 0.453. The van der Waals surface area contributed by atoms with E-state index in [1.165, 1.54) is 167 Å². The first-order valence-corrected chi connectivity index (χ1v) is 20.2. The summed E-state index contributed by atoms with van der Waals surface area (Å²) in [5, 5.41) is 12.7. The van der Waals surface area contributed by atoms with Gasteiger partial charge in [0.15, 0.2) is 0 Å². The summed E-state index contributed by atoms with van der Waals surface area (Å²) in [5.74, 6) is 0.127. The lowest BCUT2D eigenvalue weighted by Crippen LogP contribution is -2.33. The number of fused-ring (bicyclic) bond motifs is 1. The molecule has 0 unspecified atom stereocenters. The van der Waals surface area contributed by atoms with E-state index in [-0.39, 0.29) is 11.7 Å². The van der Waals surface area contributed by atoms with Crippen molar-refractivity contribution in [1.29, 1.82) is 0 Å². The molecule has 262 valence electrons. The molecule has 0 spiro atoms. The molecule has 0 bridgehead atoms. The van der Waals surface area contributed by atoms with Crippen LogP contribution >= 0.6 is 0 Å². The van der Waals surface area contributed by atoms with Gasteiger partial charge in [-0.3, -0.25) is 4.79 Å². The molecule has 0 fully saturated rings. The number of carbonyl (C=O) groups is 1. The number of phenols is 1. The van der Waals surface area contributed by atoms with Crippen LogP contribution in [0.1, 0.15) is 204 Å². The molecule has 0 heterocycles. The Labute approximate surface area is 285 Å². The van der Waals surface area contributed by atoms with Crippen LogP contribution in [0.15, 0.2) is 36.4 Å². The number of amides is 1. The predicted octanol–water partition coefficient (Wildman–Crippen LogP) is 14.0. The van der Waals surface area contributed by atoms with E-state index in [9.17, 15) is 9.90 Å². The molecule has 0 radical (unpaired) electrons. The molecule has 0 saturated heterocycles. The SMILES string of the molecule is CCCCCCCCCCCCCCCCN(CCCCCCCCCCCCCCCC)C(=O)c1ccc2ccccc2c1O. The first kappa shape index (κ1) is 40.1. The molecular formula is C43H73NO2. The number of unbranched alkanes of at least 4 members (excludes halogenated alkanes) is 26. The van der Waals surface area contributed by atoms with Gasteiger partial charge in [-0.2, -0.15) is 0 Å². The molecule has 0 aromatic heterocycles. The molecular weight excluding hydrogens is 562 g/mol. The molecule has 46 heavy (non-hydrogen) atoms. The van der Waals surface area contributed by atoms with Gasteiger partial charge >= 0.3 is 0 Å². The summed E-state index contributed by atoms with van der Waals surface area (Å²) in [6.45, 7) is 6.16. The Balaban J connectivity index is 1.66. The maximum Gasteiger partial charge on any atom is 0.257 e. The molecule has 0 aliphatic heterocycles. The van der Waals surface area contributed by atoms with Crippen LogP contribution in [0, 0.1) is 0 Å². The smallest absolute Gasteiger partial charge is 0.257 e. The van der Waals surface area contributed by atoms with Crippen LogP contribution in [0.2, 0.25) is 0 Å². The summed E-state index contributed by atoms with van der Waals surface area (Å²) in [6, 6.07) is 11.6. The van der Waals surface area contributed by atoms with Crippen molar-refractivity contribution in [3.63, 3.8) is 0 Å². The van der Waals surface area contributed by atoms with Crippen LogP contribution in [0.25, 0.3) is 10.8 Å². The standard InChI is InChI=1S/C43H73NO2/c1-3-5-7-9-11-13-15-17-19-21-23-25-27-31-37-44(43(46)41-36-35-39-33-29-30-34-40(39)42(41)45)38-32-28-26-24-22-20-18-16-14-12-10-8-6-4-2/h29-30,33-36,45H,3-28,31-32,37-38H2,1-2H3. The fraction of sp³-hybridized carbons (Fsp3) is 0.744. The second kappa shape index (κ2) is 28.0. The van der Waals surface area contributed by atoms with Gasteiger partial charge in [0.25, 0.3) is 5.91 Å². The Morgan fingerprint density at radius 1 is 0.478 bits per heavy atom. The summed E-state index contributed by atoms with van der Waals surface area (Å²) < 4.78 is 0. The Bertz CT molecular complexity index is 969. The van der Waals surface area contributed by atoms with Crippen molar-refractivity contribution in [3.8, 4) is 5.75 Å². The van der Waals surface area contributed by atoms with E-state index >= 15 is 0 Å². The lowest BCUT2D eigenvalue weighted by atomic mass is 10.0. The van der Waals surface area contributed by atoms with E-state index in [2.05, 4.69) is 13.8 Å². The van der Waals surface area contributed by atoms with Gasteiger partial charge < -0.3 is 10.0 Å². The minimum atomic E-state index is -0.00681. The highest BCUT2D eigenvalue weighted by Crippen LogP contribution is 2.30. The second-order valence-corrected chi connectivity index (χ2v) is 14.2. The highest BCUT2D eigenvalue weighted by molar-refractivity contribution is 6.03. The van der Waals surface area contributed by atoms with Crippen molar-refractivity contribution in [3.05, 3.63) is 42.0 Å². The van der Waals surface area contributed by atoms with Gasteiger partial charge in [-0.05, 0) is 24.3 Å². The Hall–Kier alpha value is -2.03. The molecule has 0 aliphatic rings. The van der Waals surface area contributed by atoms with E-state index in [0.717, 1.165) is 36.7 Å². The van der Waals surface area contributed by atoms with Crippen LogP contribution in [-0.2, 0) is 0 Å². The van der Waals surface area contributed by atoms with Crippen LogP contribution in [-0.4, -0.2) is 29.0 Å². The fourth-order valence-electron chi connectivity index (χ4n) is 6.91. The zero-order chi connectivity index (χ0) is 32.9. The van der Waals surface area contributed by atoms with Crippen LogP contribution in [0.3, 0.4) is 0 Å². The van der Waals surface area contributed by atoms with Crippen molar-refractivity contribution >= 4 is 16.7 Å². The largest absolute Gasteiger partial charge is 0.506 e. The molecule has 1 amide bonds. The van der Waals surface area contributed by atoms with Gasteiger partial charge in [0.05, 0.1) is 5.56 Å². The number of hydrogen-bond acceptors (Lipinski definition) is 2. The van der Waals surface area contributed by atoms with Crippen molar-refractivity contribution < 1.29 is 9.90 Å². The lowest BCUT2D eigenvalue weighted by molar-refractivity contribution is 0.0746. The number of phenolic OH excluding ortho intramolecular Hbond substituents is 1. The van der Waals surface area contributed by atoms with Crippen LogP contribution < -0.4 is 0 Å². The fourth-order valence-corrected chi connectivity index (χ4v) is 6.91. The minimum Gasteiger partial charge on any atom is -0.506 e. The third-order valence-electron chi connectivity index (χ3n) is 9.98. The van der Waals surface area contributed by atoms with E-state index < -0.39 is 0 Å². The van der Waals surface area contributed by atoms with Gasteiger partial charge in [0.2, 0.25) is 0 Å². The Morgan fingerprint density at radius 2 is 0.826 bits per heavy atom. The summed E-state index contributed by atoms with van der Waals surface area (Å²) in [7, 11) is 0. The average Bonchev–Trinajstić information content (AvgIpc) is 3.07. The predicted molar refractivity (Wildman–Crippen MR) is 202 cm³/mol. The number of benzene rings is 2. The quantitative estimate of drug-likeness (QED) is 0.0837. The first-order chi connectivity index (χ1) is 22.7. The van der Waals surface area contributed by atoms with Gasteiger partial charge in [-0.15, -0.1) is 0 Å². The molecule has 2 aromatic rings. The average molecular weight is 636 g/mol. The Kier molecular flexibility index (Phi) is 24.5. The summed E-state index contributed by atoms with van der Waals surface area (Å²) in [6.07, 6.45) is 37.5. The molecule has 0 atom stereocenters. The molecule has 2 aromatic carbocycles. The monoisotopic (exact) mass is 636 g/mol. The van der Waals surface area contributed by atoms with Gasteiger partial charge in [0.1, 0.15) is 5.75 Å². The zero-order valence-corrected chi connectivity index (χ0v) is 30.5. The number of rotatable bonds is 31. The minimum absolute atomic E-state index is 0.00681. The molecule has 0 aliphatic carbocycles. The lowest BCUT2D eigenvalue weighted by Gasteiger charge is -2.24. The van der Waals surface area contributed by atoms with Gasteiger partial charge in [0, 0.05) is 18.5 Å². The second-order valence-electron chi connectivity index (χ2n) is 14.2. The van der Waals surface area contributed by atoms with Crippen molar-refractivity contribution in [1.82, 2.24) is 4.90 Å². The maximum atomic E-state index is 13.7. The highest BCUT2D eigenvalue weighted by Gasteiger charge is 2.20. The van der Waals surface area contributed by atoms with Gasteiger partial charge in [-0.25, -0.2) is 0 Å². The number of hydrogen-bond donors (Lipinski definition) is 1. The molecule has 3 heteroatoms. The van der Waals surface area contributed by atoms with E-state index in [1.54, 1.807) is 0 Å². The molecule has 2 rings (SSSR count). The van der Waals surface area contributed by atoms with Crippen molar-refractivity contribution in [2.24, 2.45) is 0 Å². The molecule has 0 saturated carbocycles. The Morgan fingerprint density at radius 3 is 1.22 bits per heavy atom. The topological polar surface area (TPSA) is 40.5 Å². The number of nitrogens with zero attached hydrogens (tertiary/aromatic N) is 1. The molecule has 3 nitrogen and oxygen atoms in total. The number of aromatic hydroxyl groups is 1. The molecule has 1 N–H and O–H groups in total. The van der Waals surface area contributed by atoms with Crippen LogP contribution in [0.4, 0.5) is 0 Å². The highest BCUT2D eigenvalue weighted by atomic mass is 16.3. The summed E-state index contributed by atoms with van der Waals surface area (Å²) in [4.78, 5) is 15.7.